The van der Waals surface area contributed by atoms with Crippen LogP contribution in [0.5, 0.6) is 0 Å². The summed E-state index contributed by atoms with van der Waals surface area (Å²) in [5.74, 6) is 0.00210. The van der Waals surface area contributed by atoms with Crippen LogP contribution in [-0.4, -0.2) is 5.91 Å². The summed E-state index contributed by atoms with van der Waals surface area (Å²) in [5, 5.41) is 2.81. The van der Waals surface area contributed by atoms with Crippen molar-refractivity contribution >= 4 is 29.7 Å². The molecule has 0 saturated heterocycles. The van der Waals surface area contributed by atoms with E-state index in [9.17, 15) is 4.79 Å². The van der Waals surface area contributed by atoms with Gasteiger partial charge in [0.1, 0.15) is 0 Å². The van der Waals surface area contributed by atoms with Gasteiger partial charge in [0, 0.05) is 16.8 Å². The number of benzene rings is 1. The van der Waals surface area contributed by atoms with Gasteiger partial charge in [0.2, 0.25) is 5.91 Å². The fourth-order valence-corrected chi connectivity index (χ4v) is 0.885. The van der Waals surface area contributed by atoms with Gasteiger partial charge in [-0.15, -0.1) is 12.4 Å². The van der Waals surface area contributed by atoms with Crippen molar-refractivity contribution in [3.63, 3.8) is 0 Å². The molecule has 0 saturated carbocycles. The summed E-state index contributed by atoms with van der Waals surface area (Å²) >= 11 is 0. The molecule has 3 N–H and O–H groups in total. The molecule has 1 amide bonds. The lowest BCUT2D eigenvalue weighted by Gasteiger charge is -2.17. The van der Waals surface area contributed by atoms with Crippen LogP contribution in [-0.2, 0) is 4.79 Å². The standard InChI is InChI=1S/C11H16N2O.ClH/c1-11(2,3)10(14)13-9-6-4-8(12)5-7-9;/h4-7H,12H2,1-3H3,(H,13,14);1H. The first-order valence-electron chi connectivity index (χ1n) is 4.56. The highest BCUT2D eigenvalue weighted by atomic mass is 35.5. The topological polar surface area (TPSA) is 55.1 Å². The van der Waals surface area contributed by atoms with Crippen LogP contribution in [0, 0.1) is 5.41 Å². The van der Waals surface area contributed by atoms with Gasteiger partial charge in [0.05, 0.1) is 0 Å². The van der Waals surface area contributed by atoms with Crippen LogP contribution < -0.4 is 11.1 Å². The van der Waals surface area contributed by atoms with Gasteiger partial charge in [-0.3, -0.25) is 4.79 Å². The first kappa shape index (κ1) is 13.8. The zero-order chi connectivity index (χ0) is 10.8. The molecule has 0 aliphatic carbocycles. The fourth-order valence-electron chi connectivity index (χ4n) is 0.885. The summed E-state index contributed by atoms with van der Waals surface area (Å²) in [6.45, 7) is 5.62. The normalized spacial score (nSPS) is 10.3. The molecule has 1 rings (SSSR count). The third-order valence-electron chi connectivity index (χ3n) is 1.85. The highest BCUT2D eigenvalue weighted by Gasteiger charge is 2.20. The van der Waals surface area contributed by atoms with Crippen molar-refractivity contribution in [3.05, 3.63) is 24.3 Å². The Balaban J connectivity index is 0.00000196. The van der Waals surface area contributed by atoms with E-state index in [1.165, 1.54) is 0 Å². The van der Waals surface area contributed by atoms with E-state index in [0.29, 0.717) is 5.69 Å². The number of carbonyl (C=O) groups excluding carboxylic acids is 1. The highest BCUT2D eigenvalue weighted by Crippen LogP contribution is 2.17. The Kier molecular flexibility index (Phi) is 4.62. The van der Waals surface area contributed by atoms with E-state index in [4.69, 9.17) is 5.73 Å². The molecule has 0 fully saturated rings. The summed E-state index contributed by atoms with van der Waals surface area (Å²) < 4.78 is 0. The molecular weight excluding hydrogens is 212 g/mol. The van der Waals surface area contributed by atoms with E-state index in [1.807, 2.05) is 20.8 Å². The SMILES string of the molecule is CC(C)(C)C(=O)Nc1ccc(N)cc1.Cl. The predicted octanol–water partition coefficient (Wildman–Crippen LogP) is 2.68. The molecular formula is C11H17ClN2O. The van der Waals surface area contributed by atoms with Crippen molar-refractivity contribution in [1.29, 1.82) is 0 Å². The Labute approximate surface area is 96.5 Å². The van der Waals surface area contributed by atoms with Crippen molar-refractivity contribution in [2.45, 2.75) is 20.8 Å². The van der Waals surface area contributed by atoms with Crippen molar-refractivity contribution in [2.75, 3.05) is 11.1 Å². The molecule has 0 radical (unpaired) electrons. The number of nitrogen functional groups attached to an aromatic ring is 1. The van der Waals surface area contributed by atoms with Crippen LogP contribution >= 0.6 is 12.4 Å². The molecule has 0 spiro atoms. The van der Waals surface area contributed by atoms with E-state index >= 15 is 0 Å². The summed E-state index contributed by atoms with van der Waals surface area (Å²) in [5.41, 5.74) is 6.63. The molecule has 15 heavy (non-hydrogen) atoms. The summed E-state index contributed by atoms with van der Waals surface area (Å²) in [4.78, 5) is 11.6. The number of rotatable bonds is 1. The molecule has 0 aliphatic heterocycles. The second-order valence-corrected chi connectivity index (χ2v) is 4.33. The average molecular weight is 229 g/mol. The summed E-state index contributed by atoms with van der Waals surface area (Å²) in [6, 6.07) is 7.11. The minimum absolute atomic E-state index is 0. The molecule has 0 aromatic heterocycles. The maximum Gasteiger partial charge on any atom is 0.229 e. The van der Waals surface area contributed by atoms with Gasteiger partial charge in [-0.05, 0) is 24.3 Å². The van der Waals surface area contributed by atoms with Crippen molar-refractivity contribution in [1.82, 2.24) is 0 Å². The monoisotopic (exact) mass is 228 g/mol. The molecule has 0 unspecified atom stereocenters. The van der Waals surface area contributed by atoms with Crippen LogP contribution in [0.2, 0.25) is 0 Å². The van der Waals surface area contributed by atoms with Crippen LogP contribution in [0.25, 0.3) is 0 Å². The number of nitrogens with two attached hydrogens (primary N) is 1. The lowest BCUT2D eigenvalue weighted by molar-refractivity contribution is -0.123. The van der Waals surface area contributed by atoms with Gasteiger partial charge in [-0.25, -0.2) is 0 Å². The lowest BCUT2D eigenvalue weighted by Crippen LogP contribution is -2.27. The van der Waals surface area contributed by atoms with Gasteiger partial charge in [-0.1, -0.05) is 20.8 Å². The highest BCUT2D eigenvalue weighted by molar-refractivity contribution is 5.94. The minimum atomic E-state index is -0.374. The maximum absolute atomic E-state index is 11.6. The predicted molar refractivity (Wildman–Crippen MR) is 66.2 cm³/mol. The van der Waals surface area contributed by atoms with Gasteiger partial charge in [0.15, 0.2) is 0 Å². The van der Waals surface area contributed by atoms with Gasteiger partial charge in [0.25, 0.3) is 0 Å². The number of nitrogens with one attached hydrogen (secondary N) is 1. The molecule has 1 aromatic carbocycles. The van der Waals surface area contributed by atoms with Gasteiger partial charge >= 0.3 is 0 Å². The zero-order valence-corrected chi connectivity index (χ0v) is 10.0. The first-order valence-corrected chi connectivity index (χ1v) is 4.56. The minimum Gasteiger partial charge on any atom is -0.399 e. The number of hydrogen-bond donors (Lipinski definition) is 2. The lowest BCUT2D eigenvalue weighted by atomic mass is 9.95. The first-order chi connectivity index (χ1) is 6.39. The molecule has 4 heteroatoms. The summed E-state index contributed by atoms with van der Waals surface area (Å²) in [6.07, 6.45) is 0. The molecule has 84 valence electrons. The van der Waals surface area contributed by atoms with Gasteiger partial charge < -0.3 is 11.1 Å². The Morgan fingerprint density at radius 3 is 2.07 bits per heavy atom. The zero-order valence-electron chi connectivity index (χ0n) is 9.20. The Bertz CT molecular complexity index is 327. The summed E-state index contributed by atoms with van der Waals surface area (Å²) in [7, 11) is 0. The quantitative estimate of drug-likeness (QED) is 0.727. The van der Waals surface area contributed by atoms with Crippen molar-refractivity contribution in [2.24, 2.45) is 5.41 Å². The van der Waals surface area contributed by atoms with E-state index < -0.39 is 0 Å². The number of halogens is 1. The van der Waals surface area contributed by atoms with Gasteiger partial charge in [-0.2, -0.15) is 0 Å². The fraction of sp³-hybridized carbons (Fsp3) is 0.364. The molecule has 0 heterocycles. The smallest absolute Gasteiger partial charge is 0.229 e. The molecule has 3 nitrogen and oxygen atoms in total. The van der Waals surface area contributed by atoms with E-state index in [-0.39, 0.29) is 23.7 Å². The average Bonchev–Trinajstić information content (AvgIpc) is 2.07. The third kappa shape index (κ3) is 4.21. The van der Waals surface area contributed by atoms with Crippen molar-refractivity contribution < 1.29 is 4.79 Å². The number of hydrogen-bond acceptors (Lipinski definition) is 2. The largest absolute Gasteiger partial charge is 0.399 e. The van der Waals surface area contributed by atoms with E-state index in [1.54, 1.807) is 24.3 Å². The molecule has 1 aromatic rings. The number of carbonyl (C=O) groups is 1. The Morgan fingerprint density at radius 1 is 1.20 bits per heavy atom. The molecule has 0 bridgehead atoms. The molecule has 0 aliphatic rings. The second-order valence-electron chi connectivity index (χ2n) is 4.33. The maximum atomic E-state index is 11.6. The van der Waals surface area contributed by atoms with Crippen LogP contribution in [0.15, 0.2) is 24.3 Å². The number of anilines is 2. The van der Waals surface area contributed by atoms with E-state index in [2.05, 4.69) is 5.32 Å². The van der Waals surface area contributed by atoms with Crippen LogP contribution in [0.4, 0.5) is 11.4 Å². The molecule has 0 atom stereocenters. The third-order valence-corrected chi connectivity index (χ3v) is 1.85. The Morgan fingerprint density at radius 2 is 1.67 bits per heavy atom. The van der Waals surface area contributed by atoms with E-state index in [0.717, 1.165) is 5.69 Å². The number of amides is 1. The van der Waals surface area contributed by atoms with Crippen molar-refractivity contribution in [3.8, 4) is 0 Å². The van der Waals surface area contributed by atoms with Crippen LogP contribution in [0.3, 0.4) is 0 Å². The Hall–Kier alpha value is -1.22. The van der Waals surface area contributed by atoms with Crippen LogP contribution in [0.1, 0.15) is 20.8 Å². The second kappa shape index (κ2) is 5.03.